The van der Waals surface area contributed by atoms with Crippen LogP contribution in [0.1, 0.15) is 53.0 Å². The van der Waals surface area contributed by atoms with Crippen LogP contribution in [0.5, 0.6) is 0 Å². The molecule has 0 radical (unpaired) electrons. The van der Waals surface area contributed by atoms with Crippen molar-refractivity contribution in [1.82, 2.24) is 4.90 Å². The topological polar surface area (TPSA) is 30.9 Å². The molecule has 3 rings (SSSR count). The summed E-state index contributed by atoms with van der Waals surface area (Å²) in [6.45, 7) is 13.0. The lowest BCUT2D eigenvalue weighted by Crippen LogP contribution is -2.41. The molecule has 0 aromatic heterocycles. The third-order valence-electron chi connectivity index (χ3n) is 6.00. The minimum Gasteiger partial charge on any atom is -0.399 e. The van der Waals surface area contributed by atoms with Gasteiger partial charge in [-0.1, -0.05) is 18.2 Å². The molecule has 2 aliphatic heterocycles. The highest BCUT2D eigenvalue weighted by atomic mass is 19.1. The van der Waals surface area contributed by atoms with Crippen LogP contribution in [-0.4, -0.2) is 49.0 Å². The number of hydrogen-bond donors (Lipinski definition) is 0. The summed E-state index contributed by atoms with van der Waals surface area (Å²) < 4.78 is 32.9. The summed E-state index contributed by atoms with van der Waals surface area (Å²) in [6, 6.07) is 5.89. The van der Waals surface area contributed by atoms with E-state index >= 15 is 4.39 Å². The number of ether oxygens (including phenoxy) is 1. The second kappa shape index (κ2) is 7.59. The number of nitrogens with zero attached hydrogens (tertiary/aromatic N) is 1. The molecular weight excluding hydrogens is 332 g/mol. The Labute approximate surface area is 157 Å². The van der Waals surface area contributed by atoms with Gasteiger partial charge in [0.15, 0.2) is 0 Å². The largest absolute Gasteiger partial charge is 0.497 e. The van der Waals surface area contributed by atoms with Crippen molar-refractivity contribution < 1.29 is 18.4 Å². The Hall–Kier alpha value is -0.945. The highest BCUT2D eigenvalue weighted by Gasteiger charge is 2.52. The van der Waals surface area contributed by atoms with Crippen molar-refractivity contribution >= 4 is 12.6 Å². The summed E-state index contributed by atoms with van der Waals surface area (Å²) in [5.74, 6) is -0.215. The van der Waals surface area contributed by atoms with Crippen LogP contribution >= 0.6 is 0 Å². The van der Waals surface area contributed by atoms with E-state index in [1.54, 1.807) is 6.07 Å². The van der Waals surface area contributed by atoms with Crippen molar-refractivity contribution in [2.24, 2.45) is 0 Å². The normalized spacial score (nSPS) is 25.2. The van der Waals surface area contributed by atoms with Crippen molar-refractivity contribution in [3.63, 3.8) is 0 Å². The molecule has 144 valence electrons. The Bertz CT molecular complexity index is 621. The number of likely N-dealkylation sites (tertiary alicyclic amines) is 1. The van der Waals surface area contributed by atoms with Crippen LogP contribution in [0.2, 0.25) is 0 Å². The van der Waals surface area contributed by atoms with Crippen LogP contribution in [0.15, 0.2) is 18.2 Å². The highest BCUT2D eigenvalue weighted by molar-refractivity contribution is 6.62. The molecule has 4 nitrogen and oxygen atoms in total. The molecule has 0 spiro atoms. The van der Waals surface area contributed by atoms with Gasteiger partial charge in [-0.05, 0) is 54.0 Å². The number of halogens is 1. The molecule has 2 saturated heterocycles. The molecule has 6 heteroatoms. The second-order valence-corrected chi connectivity index (χ2v) is 8.33. The monoisotopic (exact) mass is 363 g/mol. The van der Waals surface area contributed by atoms with Gasteiger partial charge in [0.1, 0.15) is 5.82 Å². The average molecular weight is 363 g/mol. The second-order valence-electron chi connectivity index (χ2n) is 8.33. The third-order valence-corrected chi connectivity index (χ3v) is 6.00. The molecule has 26 heavy (non-hydrogen) atoms. The quantitative estimate of drug-likeness (QED) is 0.727. The van der Waals surface area contributed by atoms with Gasteiger partial charge in [-0.2, -0.15) is 0 Å². The zero-order valence-corrected chi connectivity index (χ0v) is 16.7. The maximum atomic E-state index is 15.2. The first-order valence-electron chi connectivity index (χ1n) is 9.70. The van der Waals surface area contributed by atoms with Crippen LogP contribution in [0.4, 0.5) is 4.39 Å². The maximum absolute atomic E-state index is 15.2. The molecule has 0 saturated carbocycles. The van der Waals surface area contributed by atoms with Crippen LogP contribution in [-0.2, 0) is 20.6 Å². The molecule has 0 aliphatic carbocycles. The maximum Gasteiger partial charge on any atom is 0.497 e. The van der Waals surface area contributed by atoms with E-state index < -0.39 is 18.3 Å². The first kappa shape index (κ1) is 19.8. The lowest BCUT2D eigenvalue weighted by Gasteiger charge is -2.32. The fraction of sp³-hybridized carbons (Fsp3) is 0.700. The van der Waals surface area contributed by atoms with Crippen molar-refractivity contribution in [3.05, 3.63) is 29.6 Å². The number of hydrogen-bond acceptors (Lipinski definition) is 4. The lowest BCUT2D eigenvalue weighted by atomic mass is 9.77. The molecule has 2 fully saturated rings. The van der Waals surface area contributed by atoms with E-state index in [-0.39, 0.29) is 5.82 Å². The molecule has 2 aliphatic rings. The van der Waals surface area contributed by atoms with Crippen molar-refractivity contribution in [2.45, 2.75) is 71.2 Å². The van der Waals surface area contributed by atoms with Gasteiger partial charge in [0.05, 0.1) is 17.8 Å². The van der Waals surface area contributed by atoms with Gasteiger partial charge in [0.2, 0.25) is 0 Å². The predicted molar refractivity (Wildman–Crippen MR) is 102 cm³/mol. The minimum absolute atomic E-state index is 0.215. The Kier molecular flexibility index (Phi) is 5.78. The molecule has 2 heterocycles. The van der Waals surface area contributed by atoms with E-state index in [0.717, 1.165) is 32.6 Å². The van der Waals surface area contributed by atoms with E-state index in [0.29, 0.717) is 23.6 Å². The lowest BCUT2D eigenvalue weighted by molar-refractivity contribution is 0.00578. The highest BCUT2D eigenvalue weighted by Crippen LogP contribution is 2.36. The van der Waals surface area contributed by atoms with Crippen LogP contribution < -0.4 is 5.46 Å². The summed E-state index contributed by atoms with van der Waals surface area (Å²) in [5, 5.41) is 0. The van der Waals surface area contributed by atoms with Crippen LogP contribution in [0.3, 0.4) is 0 Å². The van der Waals surface area contributed by atoms with Crippen LogP contribution in [0, 0.1) is 5.82 Å². The van der Waals surface area contributed by atoms with Gasteiger partial charge < -0.3 is 14.0 Å². The number of benzene rings is 1. The van der Waals surface area contributed by atoms with E-state index in [1.807, 2.05) is 46.8 Å². The molecule has 1 atom stereocenters. The molecule has 1 aromatic rings. The fourth-order valence-corrected chi connectivity index (χ4v) is 3.64. The summed E-state index contributed by atoms with van der Waals surface area (Å²) in [7, 11) is -0.669. The Balaban J connectivity index is 1.76. The van der Waals surface area contributed by atoms with Crippen molar-refractivity contribution in [3.8, 4) is 0 Å². The molecular formula is C20H31BFNO3. The van der Waals surface area contributed by atoms with Gasteiger partial charge in [-0.25, -0.2) is 4.39 Å². The Morgan fingerprint density at radius 3 is 2.58 bits per heavy atom. The first-order chi connectivity index (χ1) is 12.2. The van der Waals surface area contributed by atoms with Crippen molar-refractivity contribution in [1.29, 1.82) is 0 Å². The fourth-order valence-electron chi connectivity index (χ4n) is 3.64. The van der Waals surface area contributed by atoms with E-state index in [2.05, 4.69) is 4.90 Å². The standard InChI is InChI=1S/C20H31BFNO3/c1-6-24-14-16-10-8-12-23(16)13-15-9-7-11-17(18(15)22)21-25-19(2,3)20(4,5)26-21/h7,9,11,16H,6,8,10,12-14H2,1-5H3/t16-/m0/s1. The van der Waals surface area contributed by atoms with Gasteiger partial charge in [0, 0.05) is 30.2 Å². The molecule has 0 N–H and O–H groups in total. The van der Waals surface area contributed by atoms with E-state index in [1.165, 1.54) is 0 Å². The minimum atomic E-state index is -0.669. The van der Waals surface area contributed by atoms with Crippen LogP contribution in [0.25, 0.3) is 0 Å². The third kappa shape index (κ3) is 3.84. The van der Waals surface area contributed by atoms with E-state index in [4.69, 9.17) is 14.0 Å². The Morgan fingerprint density at radius 1 is 1.23 bits per heavy atom. The van der Waals surface area contributed by atoms with Gasteiger partial charge in [-0.15, -0.1) is 0 Å². The summed E-state index contributed by atoms with van der Waals surface area (Å²) in [5.41, 5.74) is 0.234. The van der Waals surface area contributed by atoms with E-state index in [9.17, 15) is 0 Å². The first-order valence-corrected chi connectivity index (χ1v) is 9.70. The van der Waals surface area contributed by atoms with Gasteiger partial charge in [-0.3, -0.25) is 4.90 Å². The average Bonchev–Trinajstić information content (AvgIpc) is 3.09. The summed E-state index contributed by atoms with van der Waals surface area (Å²) in [4.78, 5) is 2.32. The summed E-state index contributed by atoms with van der Waals surface area (Å²) in [6.07, 6.45) is 2.24. The zero-order chi connectivity index (χ0) is 18.9. The zero-order valence-electron chi connectivity index (χ0n) is 16.7. The predicted octanol–water partition coefficient (Wildman–Crippen LogP) is 3.13. The SMILES string of the molecule is CCOC[C@@H]1CCCN1Cc1cccc(B2OC(C)(C)C(C)(C)O2)c1F. The van der Waals surface area contributed by atoms with Crippen molar-refractivity contribution in [2.75, 3.05) is 19.8 Å². The smallest absolute Gasteiger partial charge is 0.399 e. The number of rotatable bonds is 6. The Morgan fingerprint density at radius 2 is 1.92 bits per heavy atom. The van der Waals surface area contributed by atoms with Gasteiger partial charge >= 0.3 is 7.12 Å². The molecule has 0 unspecified atom stereocenters. The molecule has 1 aromatic carbocycles. The molecule has 0 bridgehead atoms. The summed E-state index contributed by atoms with van der Waals surface area (Å²) >= 11 is 0. The molecule has 0 amide bonds. The van der Waals surface area contributed by atoms with Gasteiger partial charge in [0.25, 0.3) is 0 Å².